The van der Waals surface area contributed by atoms with Crippen LogP contribution in [0.4, 0.5) is 0 Å². The maximum absolute atomic E-state index is 12.5. The number of ether oxygens (including phenoxy) is 1. The first-order chi connectivity index (χ1) is 12.6. The lowest BCUT2D eigenvalue weighted by Gasteiger charge is -2.38. The van der Waals surface area contributed by atoms with Crippen molar-refractivity contribution in [3.05, 3.63) is 58.1 Å². The predicted molar refractivity (Wildman–Crippen MR) is 107 cm³/mol. The molecule has 2 rings (SSSR count). The number of carbonyl (C=O) groups is 2. The van der Waals surface area contributed by atoms with Gasteiger partial charge in [0.25, 0.3) is 0 Å². The van der Waals surface area contributed by atoms with E-state index in [4.69, 9.17) is 16.3 Å². The van der Waals surface area contributed by atoms with Gasteiger partial charge in [-0.15, -0.1) is 0 Å². The molecule has 3 unspecified atom stereocenters. The van der Waals surface area contributed by atoms with E-state index in [9.17, 15) is 14.7 Å². The largest absolute Gasteiger partial charge is 0.465 e. The van der Waals surface area contributed by atoms with Crippen LogP contribution in [0, 0.1) is 11.8 Å². The number of hydrogen-bond donors (Lipinski definition) is 1. The molecular formula is C22H27ClO4. The van der Waals surface area contributed by atoms with Crippen molar-refractivity contribution < 1.29 is 19.4 Å². The highest BCUT2D eigenvalue weighted by molar-refractivity contribution is 6.45. The summed E-state index contributed by atoms with van der Waals surface area (Å²) >= 11 is 6.25. The molecule has 0 fully saturated rings. The Hall–Kier alpha value is -1.91. The minimum absolute atomic E-state index is 0.0351. The van der Waals surface area contributed by atoms with E-state index in [1.165, 1.54) is 20.1 Å². The van der Waals surface area contributed by atoms with E-state index in [1.807, 2.05) is 19.1 Å². The van der Waals surface area contributed by atoms with Crippen LogP contribution in [0.1, 0.15) is 47.5 Å². The molecule has 0 aromatic carbocycles. The quantitative estimate of drug-likeness (QED) is 0.664. The maximum atomic E-state index is 12.5. The Morgan fingerprint density at radius 3 is 2.70 bits per heavy atom. The molecule has 1 aliphatic heterocycles. The number of rotatable bonds is 6. The Balaban J connectivity index is 2.36. The van der Waals surface area contributed by atoms with E-state index in [2.05, 4.69) is 19.9 Å². The smallest absolute Gasteiger partial charge is 0.206 e. The molecule has 27 heavy (non-hydrogen) atoms. The molecule has 0 spiro atoms. The van der Waals surface area contributed by atoms with Gasteiger partial charge in [0, 0.05) is 23.5 Å². The van der Waals surface area contributed by atoms with E-state index in [0.717, 1.165) is 12.0 Å². The first-order valence-electron chi connectivity index (χ1n) is 9.19. The van der Waals surface area contributed by atoms with Crippen molar-refractivity contribution in [1.29, 1.82) is 0 Å². The number of halogens is 1. The third-order valence-corrected chi connectivity index (χ3v) is 5.44. The van der Waals surface area contributed by atoms with Crippen molar-refractivity contribution in [2.45, 2.75) is 53.1 Å². The lowest BCUT2D eigenvalue weighted by Crippen LogP contribution is -2.48. The molecule has 0 radical (unpaired) electrons. The number of ketones is 2. The van der Waals surface area contributed by atoms with Crippen molar-refractivity contribution in [2.24, 2.45) is 11.8 Å². The summed E-state index contributed by atoms with van der Waals surface area (Å²) in [4.78, 5) is 24.2. The number of hydrogen-bond acceptors (Lipinski definition) is 4. The monoisotopic (exact) mass is 390 g/mol. The molecule has 0 bridgehead atoms. The zero-order valence-corrected chi connectivity index (χ0v) is 17.3. The molecule has 0 amide bonds. The number of aliphatic hydroxyl groups is 1. The zero-order valence-electron chi connectivity index (χ0n) is 16.5. The standard InChI is InChI=1S/C22H27ClO4/c1-6-13(2)9-14(3)7-8-16-11-17-18(12-27-16)19(10-15(4)24)22(5,26)21(25)20(17)23/h7-9,11-13,19,26H,6,10H2,1-5H3. The topological polar surface area (TPSA) is 63.6 Å². The highest BCUT2D eigenvalue weighted by atomic mass is 35.5. The molecule has 1 N–H and O–H groups in total. The third kappa shape index (κ3) is 4.69. The Morgan fingerprint density at radius 1 is 1.44 bits per heavy atom. The Bertz CT molecular complexity index is 793. The average molecular weight is 391 g/mol. The molecule has 0 saturated carbocycles. The van der Waals surface area contributed by atoms with Gasteiger partial charge in [0.15, 0.2) is 0 Å². The van der Waals surface area contributed by atoms with E-state index in [0.29, 0.717) is 22.8 Å². The minimum Gasteiger partial charge on any atom is -0.465 e. The Morgan fingerprint density at radius 2 is 2.11 bits per heavy atom. The summed E-state index contributed by atoms with van der Waals surface area (Å²) in [5.74, 6) is -0.345. The Kier molecular flexibility index (Phi) is 6.66. The van der Waals surface area contributed by atoms with Crippen LogP contribution in [0.25, 0.3) is 0 Å². The molecule has 2 aliphatic rings. The van der Waals surface area contributed by atoms with Crippen LogP contribution in [0.5, 0.6) is 0 Å². The normalized spacial score (nSPS) is 27.1. The van der Waals surface area contributed by atoms with Gasteiger partial charge in [-0.25, -0.2) is 0 Å². The van der Waals surface area contributed by atoms with Crippen LogP contribution >= 0.6 is 11.6 Å². The second-order valence-electron chi connectivity index (χ2n) is 7.53. The lowest BCUT2D eigenvalue weighted by molar-refractivity contribution is -0.137. The Labute approximate surface area is 165 Å². The van der Waals surface area contributed by atoms with Gasteiger partial charge in [-0.3, -0.25) is 4.79 Å². The first-order valence-corrected chi connectivity index (χ1v) is 9.57. The second kappa shape index (κ2) is 8.41. The average Bonchev–Trinajstić information content (AvgIpc) is 2.61. The highest BCUT2D eigenvalue weighted by Crippen LogP contribution is 2.44. The maximum Gasteiger partial charge on any atom is 0.206 e. The van der Waals surface area contributed by atoms with E-state index < -0.39 is 17.3 Å². The van der Waals surface area contributed by atoms with Gasteiger partial charge in [-0.05, 0) is 38.8 Å². The SMILES string of the molecule is CCC(C)C=C(C)C=CC1=CC2=C(Cl)C(=O)C(C)(O)C(CC(C)=O)C2=CO1. The van der Waals surface area contributed by atoms with Crippen LogP contribution in [-0.2, 0) is 14.3 Å². The van der Waals surface area contributed by atoms with Gasteiger partial charge >= 0.3 is 0 Å². The van der Waals surface area contributed by atoms with Crippen LogP contribution in [0.15, 0.2) is 58.1 Å². The van der Waals surface area contributed by atoms with Gasteiger partial charge in [0.2, 0.25) is 5.78 Å². The highest BCUT2D eigenvalue weighted by Gasteiger charge is 2.48. The minimum atomic E-state index is -1.74. The molecular weight excluding hydrogens is 364 g/mol. The number of carbonyl (C=O) groups excluding carboxylic acids is 2. The van der Waals surface area contributed by atoms with Gasteiger partial charge in [0.05, 0.1) is 11.3 Å². The zero-order chi connectivity index (χ0) is 20.4. The molecule has 0 aromatic rings. The molecule has 0 aromatic heterocycles. The fourth-order valence-corrected chi connectivity index (χ4v) is 3.59. The molecule has 1 aliphatic carbocycles. The number of allylic oxidation sites excluding steroid dienone is 6. The fourth-order valence-electron chi connectivity index (χ4n) is 3.24. The second-order valence-corrected chi connectivity index (χ2v) is 7.91. The van der Waals surface area contributed by atoms with E-state index in [-0.39, 0.29) is 17.2 Å². The van der Waals surface area contributed by atoms with Crippen LogP contribution in [-0.4, -0.2) is 22.3 Å². The van der Waals surface area contributed by atoms with Crippen molar-refractivity contribution in [1.82, 2.24) is 0 Å². The molecule has 3 atom stereocenters. The van der Waals surface area contributed by atoms with Crippen molar-refractivity contribution >= 4 is 23.2 Å². The molecule has 0 saturated heterocycles. The molecule has 5 heteroatoms. The van der Waals surface area contributed by atoms with Crippen LogP contribution < -0.4 is 0 Å². The summed E-state index contributed by atoms with van der Waals surface area (Å²) in [7, 11) is 0. The summed E-state index contributed by atoms with van der Waals surface area (Å²) < 4.78 is 5.68. The summed E-state index contributed by atoms with van der Waals surface area (Å²) in [5, 5.41) is 10.6. The number of Topliss-reactive ketones (excluding diaryl/α,β-unsaturated/α-hetero) is 2. The van der Waals surface area contributed by atoms with E-state index >= 15 is 0 Å². The van der Waals surface area contributed by atoms with Crippen molar-refractivity contribution in [3.8, 4) is 0 Å². The van der Waals surface area contributed by atoms with Crippen molar-refractivity contribution in [3.63, 3.8) is 0 Å². The van der Waals surface area contributed by atoms with Crippen molar-refractivity contribution in [2.75, 3.05) is 0 Å². The van der Waals surface area contributed by atoms with Gasteiger partial charge < -0.3 is 14.6 Å². The first kappa shape index (κ1) is 21.4. The van der Waals surface area contributed by atoms with Gasteiger partial charge in [-0.2, -0.15) is 0 Å². The summed E-state index contributed by atoms with van der Waals surface area (Å²) in [6, 6.07) is 0. The van der Waals surface area contributed by atoms with E-state index in [1.54, 1.807) is 6.08 Å². The molecule has 4 nitrogen and oxygen atoms in total. The summed E-state index contributed by atoms with van der Waals surface area (Å²) in [6.45, 7) is 9.13. The van der Waals surface area contributed by atoms with Crippen LogP contribution in [0.3, 0.4) is 0 Å². The van der Waals surface area contributed by atoms with Gasteiger partial charge in [-0.1, -0.05) is 49.6 Å². The molecule has 146 valence electrons. The summed E-state index contributed by atoms with van der Waals surface area (Å²) in [5.41, 5.74) is 0.455. The van der Waals surface area contributed by atoms with Gasteiger partial charge in [0.1, 0.15) is 17.1 Å². The third-order valence-electron chi connectivity index (χ3n) is 5.06. The van der Waals surface area contributed by atoms with Crippen LogP contribution in [0.2, 0.25) is 0 Å². The predicted octanol–water partition coefficient (Wildman–Crippen LogP) is 4.75. The summed E-state index contributed by atoms with van der Waals surface area (Å²) in [6.07, 6.45) is 10.2. The molecule has 1 heterocycles. The lowest BCUT2D eigenvalue weighted by atomic mass is 9.70. The number of fused-ring (bicyclic) bond motifs is 1. The fraction of sp³-hybridized carbons (Fsp3) is 0.455.